The molecule has 2 aromatic carbocycles. The second-order valence-corrected chi connectivity index (χ2v) is 6.03. The number of ether oxygens (including phenoxy) is 2. The van der Waals surface area contributed by atoms with E-state index in [0.717, 1.165) is 11.1 Å². The smallest absolute Gasteiger partial charge is 0.337 e. The van der Waals surface area contributed by atoms with E-state index >= 15 is 0 Å². The van der Waals surface area contributed by atoms with Gasteiger partial charge in [-0.05, 0) is 42.3 Å². The lowest BCUT2D eigenvalue weighted by molar-refractivity contribution is 0.0600. The van der Waals surface area contributed by atoms with Crippen molar-refractivity contribution in [3.05, 3.63) is 77.0 Å². The first-order valence-corrected chi connectivity index (χ1v) is 8.33. The number of benzene rings is 2. The van der Waals surface area contributed by atoms with Crippen LogP contribution in [-0.2, 0) is 11.3 Å². The summed E-state index contributed by atoms with van der Waals surface area (Å²) < 4.78 is 12.4. The minimum atomic E-state index is -0.421. The van der Waals surface area contributed by atoms with Crippen molar-refractivity contribution >= 4 is 11.7 Å². The zero-order chi connectivity index (χ0) is 19.4. The number of nitrogens with two attached hydrogens (primary N) is 1. The number of aromatic nitrogens is 1. The molecule has 1 heterocycles. The van der Waals surface area contributed by atoms with Crippen molar-refractivity contribution in [1.82, 2.24) is 4.57 Å². The molecule has 3 rings (SSSR count). The molecular weight excluding hydrogens is 342 g/mol. The topological polar surface area (TPSA) is 90.3 Å². The molecule has 27 heavy (non-hydrogen) atoms. The zero-order valence-corrected chi connectivity index (χ0v) is 15.1. The van der Waals surface area contributed by atoms with Crippen LogP contribution in [-0.4, -0.2) is 17.6 Å². The Morgan fingerprint density at radius 1 is 1.19 bits per heavy atom. The fraction of sp³-hybridized carbons (Fsp3) is 0.143. The molecule has 0 saturated carbocycles. The minimum Gasteiger partial charge on any atom is -0.465 e. The van der Waals surface area contributed by atoms with E-state index in [1.54, 1.807) is 34.9 Å². The summed E-state index contributed by atoms with van der Waals surface area (Å²) in [6.45, 7) is 2.47. The maximum atomic E-state index is 11.5. The summed E-state index contributed by atoms with van der Waals surface area (Å²) in [6.07, 6.45) is 0. The van der Waals surface area contributed by atoms with Crippen LogP contribution in [0.2, 0.25) is 0 Å². The summed E-state index contributed by atoms with van der Waals surface area (Å²) >= 11 is 0. The summed E-state index contributed by atoms with van der Waals surface area (Å²) in [5.74, 6) is 0.472. The highest BCUT2D eigenvalue weighted by molar-refractivity contribution is 5.89. The molecule has 6 heteroatoms. The Hall–Kier alpha value is -3.72. The Balaban J connectivity index is 1.94. The molecule has 0 aliphatic rings. The van der Waals surface area contributed by atoms with Gasteiger partial charge in [-0.2, -0.15) is 5.26 Å². The number of nitrogens with zero attached hydrogens (tertiary/aromatic N) is 2. The lowest BCUT2D eigenvalue weighted by Crippen LogP contribution is -2.06. The third kappa shape index (κ3) is 3.77. The number of hydrogen-bond acceptors (Lipinski definition) is 5. The average molecular weight is 361 g/mol. The Labute approximate surface area is 157 Å². The van der Waals surface area contributed by atoms with E-state index in [2.05, 4.69) is 10.8 Å². The number of carbonyl (C=O) groups excluding carboxylic acids is 1. The Kier molecular flexibility index (Phi) is 5.13. The molecule has 0 unspecified atom stereocenters. The van der Waals surface area contributed by atoms with Crippen LogP contribution < -0.4 is 10.5 Å². The van der Waals surface area contributed by atoms with Crippen LogP contribution in [0.25, 0.3) is 0 Å². The number of carbonyl (C=O) groups is 1. The SMILES string of the molecule is COC(=O)c1ccc(Oc2c(N)cc(C#N)n2Cc2ccccc2C)cc1. The number of rotatable bonds is 5. The second kappa shape index (κ2) is 7.67. The largest absolute Gasteiger partial charge is 0.465 e. The standard InChI is InChI=1S/C21H19N3O3/c1-14-5-3-4-6-16(14)13-24-17(12-22)11-19(23)20(24)27-18-9-7-15(8-10-18)21(25)26-2/h3-11H,13,23H2,1-2H3. The highest BCUT2D eigenvalue weighted by atomic mass is 16.5. The summed E-state index contributed by atoms with van der Waals surface area (Å²) in [5, 5.41) is 9.46. The molecule has 0 radical (unpaired) electrons. The molecule has 0 spiro atoms. The lowest BCUT2D eigenvalue weighted by atomic mass is 10.1. The number of hydrogen-bond donors (Lipinski definition) is 1. The number of esters is 1. The Morgan fingerprint density at radius 2 is 1.89 bits per heavy atom. The maximum Gasteiger partial charge on any atom is 0.337 e. The normalized spacial score (nSPS) is 10.3. The van der Waals surface area contributed by atoms with Gasteiger partial charge in [-0.15, -0.1) is 0 Å². The second-order valence-electron chi connectivity index (χ2n) is 6.03. The first kappa shape index (κ1) is 18.1. The fourth-order valence-corrected chi connectivity index (χ4v) is 2.76. The molecule has 0 bridgehead atoms. The van der Waals surface area contributed by atoms with Crippen LogP contribution in [0.5, 0.6) is 11.6 Å². The zero-order valence-electron chi connectivity index (χ0n) is 15.1. The van der Waals surface area contributed by atoms with E-state index in [1.165, 1.54) is 7.11 Å². The van der Waals surface area contributed by atoms with Crippen LogP contribution >= 0.6 is 0 Å². The van der Waals surface area contributed by atoms with Gasteiger partial charge >= 0.3 is 5.97 Å². The minimum absolute atomic E-state index is 0.372. The summed E-state index contributed by atoms with van der Waals surface area (Å²) in [5.41, 5.74) is 9.47. The highest BCUT2D eigenvalue weighted by Gasteiger charge is 2.17. The number of methoxy groups -OCH3 is 1. The summed E-state index contributed by atoms with van der Waals surface area (Å²) in [6, 6.07) is 18.2. The van der Waals surface area contributed by atoms with E-state index in [0.29, 0.717) is 35.1 Å². The first-order valence-electron chi connectivity index (χ1n) is 8.33. The van der Waals surface area contributed by atoms with Gasteiger partial charge in [0, 0.05) is 6.07 Å². The van der Waals surface area contributed by atoms with Crippen molar-refractivity contribution in [2.75, 3.05) is 12.8 Å². The molecule has 136 valence electrons. The third-order valence-corrected chi connectivity index (χ3v) is 4.27. The molecule has 6 nitrogen and oxygen atoms in total. The van der Waals surface area contributed by atoms with Crippen LogP contribution in [0.4, 0.5) is 5.69 Å². The number of nitrogen functional groups attached to an aromatic ring is 1. The molecule has 0 amide bonds. The van der Waals surface area contributed by atoms with Gasteiger partial charge < -0.3 is 15.2 Å². The number of aryl methyl sites for hydroxylation is 1. The van der Waals surface area contributed by atoms with Crippen LogP contribution in [0, 0.1) is 18.3 Å². The molecule has 0 fully saturated rings. The van der Waals surface area contributed by atoms with Gasteiger partial charge in [0.2, 0.25) is 5.88 Å². The molecule has 1 aromatic heterocycles. The van der Waals surface area contributed by atoms with Gasteiger partial charge in [0.05, 0.1) is 24.9 Å². The van der Waals surface area contributed by atoms with Crippen molar-refractivity contribution in [1.29, 1.82) is 5.26 Å². The van der Waals surface area contributed by atoms with Crippen molar-refractivity contribution < 1.29 is 14.3 Å². The number of nitriles is 1. The van der Waals surface area contributed by atoms with Gasteiger partial charge in [-0.3, -0.25) is 4.57 Å². The monoisotopic (exact) mass is 361 g/mol. The quantitative estimate of drug-likeness (QED) is 0.697. The molecule has 2 N–H and O–H groups in total. The Bertz CT molecular complexity index is 1010. The van der Waals surface area contributed by atoms with Crippen molar-refractivity contribution in [3.63, 3.8) is 0 Å². The first-order chi connectivity index (χ1) is 13.0. The lowest BCUT2D eigenvalue weighted by Gasteiger charge is -2.14. The fourth-order valence-electron chi connectivity index (χ4n) is 2.76. The summed E-state index contributed by atoms with van der Waals surface area (Å²) in [4.78, 5) is 11.5. The van der Waals surface area contributed by atoms with Gasteiger partial charge in [-0.1, -0.05) is 24.3 Å². The van der Waals surface area contributed by atoms with Gasteiger partial charge in [0.15, 0.2) is 0 Å². The van der Waals surface area contributed by atoms with E-state index in [1.807, 2.05) is 31.2 Å². The molecular formula is C21H19N3O3. The van der Waals surface area contributed by atoms with Crippen molar-refractivity contribution in [3.8, 4) is 17.7 Å². The number of anilines is 1. The molecule has 0 aliphatic carbocycles. The molecule has 0 aliphatic heterocycles. The average Bonchev–Trinajstić information content (AvgIpc) is 2.98. The molecule has 3 aromatic rings. The van der Waals surface area contributed by atoms with E-state index in [9.17, 15) is 10.1 Å². The van der Waals surface area contributed by atoms with E-state index in [4.69, 9.17) is 10.5 Å². The van der Waals surface area contributed by atoms with Crippen LogP contribution in [0.3, 0.4) is 0 Å². The molecule has 0 saturated heterocycles. The Morgan fingerprint density at radius 3 is 2.52 bits per heavy atom. The van der Waals surface area contributed by atoms with Crippen molar-refractivity contribution in [2.24, 2.45) is 0 Å². The third-order valence-electron chi connectivity index (χ3n) is 4.27. The summed E-state index contributed by atoms with van der Waals surface area (Å²) in [7, 11) is 1.33. The van der Waals surface area contributed by atoms with Gasteiger partial charge in [-0.25, -0.2) is 4.79 Å². The van der Waals surface area contributed by atoms with Gasteiger partial charge in [0.25, 0.3) is 0 Å². The maximum absolute atomic E-state index is 11.5. The predicted octanol–water partition coefficient (Wildman–Crippen LogP) is 3.88. The van der Waals surface area contributed by atoms with E-state index < -0.39 is 5.97 Å². The van der Waals surface area contributed by atoms with Gasteiger partial charge in [0.1, 0.15) is 17.5 Å². The molecule has 0 atom stereocenters. The highest BCUT2D eigenvalue weighted by Crippen LogP contribution is 2.32. The van der Waals surface area contributed by atoms with Crippen LogP contribution in [0.1, 0.15) is 27.2 Å². The van der Waals surface area contributed by atoms with Crippen LogP contribution in [0.15, 0.2) is 54.6 Å². The predicted molar refractivity (Wildman–Crippen MR) is 102 cm³/mol. The van der Waals surface area contributed by atoms with Crippen molar-refractivity contribution in [2.45, 2.75) is 13.5 Å². The van der Waals surface area contributed by atoms with E-state index in [-0.39, 0.29) is 0 Å².